The molecular weight excluding hydrogens is 514 g/mol. The van der Waals surface area contributed by atoms with Crippen LogP contribution in [0.2, 0.25) is 0 Å². The first-order valence-electron chi connectivity index (χ1n) is 11.7. The van der Waals surface area contributed by atoms with E-state index in [1.54, 1.807) is 0 Å². The molecule has 0 bridgehead atoms. The molecule has 0 saturated carbocycles. The van der Waals surface area contributed by atoms with Crippen LogP contribution < -0.4 is 15.8 Å². The minimum absolute atomic E-state index is 0.146. The van der Waals surface area contributed by atoms with E-state index < -0.39 is 0 Å². The average Bonchev–Trinajstić information content (AvgIpc) is 3.26. The summed E-state index contributed by atoms with van der Waals surface area (Å²) in [5.41, 5.74) is 8.79. The highest BCUT2D eigenvalue weighted by Crippen LogP contribution is 2.33. The van der Waals surface area contributed by atoms with Crippen molar-refractivity contribution in [3.63, 3.8) is 0 Å². The van der Waals surface area contributed by atoms with E-state index >= 15 is 0 Å². The van der Waals surface area contributed by atoms with Gasteiger partial charge in [0, 0.05) is 39.3 Å². The number of nitrogens with two attached hydrogens (primary N) is 1. The summed E-state index contributed by atoms with van der Waals surface area (Å²) in [5, 5.41) is 4.94. The molecule has 1 saturated heterocycles. The largest absolute Gasteiger partial charge is 0.489 e. The SMILES string of the molecule is C=C(N)c1c(COc2ccc(Br)cc2)csc1/C(=C\C)C(=O)NCCOCCN1CCCCC1. The molecule has 1 aromatic heterocycles. The number of benzene rings is 1. The van der Waals surface area contributed by atoms with Crippen molar-refractivity contribution in [1.29, 1.82) is 0 Å². The Labute approximate surface area is 214 Å². The van der Waals surface area contributed by atoms with E-state index in [9.17, 15) is 4.79 Å². The van der Waals surface area contributed by atoms with Crippen LogP contribution in [0.1, 0.15) is 42.2 Å². The third kappa shape index (κ3) is 7.70. The number of nitrogens with zero attached hydrogens (tertiary/aromatic N) is 1. The van der Waals surface area contributed by atoms with Crippen molar-refractivity contribution in [2.75, 3.05) is 39.4 Å². The van der Waals surface area contributed by atoms with E-state index in [0.29, 0.717) is 37.6 Å². The van der Waals surface area contributed by atoms with Gasteiger partial charge in [-0.25, -0.2) is 0 Å². The van der Waals surface area contributed by atoms with E-state index in [1.165, 1.54) is 30.6 Å². The van der Waals surface area contributed by atoms with Crippen LogP contribution in [0.5, 0.6) is 5.75 Å². The van der Waals surface area contributed by atoms with Gasteiger partial charge in [0.1, 0.15) is 12.4 Å². The van der Waals surface area contributed by atoms with Gasteiger partial charge in [-0.3, -0.25) is 4.79 Å². The fraction of sp³-hybridized carbons (Fsp3) is 0.423. The molecule has 1 aliphatic rings. The van der Waals surface area contributed by atoms with Crippen LogP contribution in [0, 0.1) is 0 Å². The summed E-state index contributed by atoms with van der Waals surface area (Å²) in [5.74, 6) is 0.612. The number of halogens is 1. The van der Waals surface area contributed by atoms with Crippen LogP contribution in [0.25, 0.3) is 11.3 Å². The number of ether oxygens (including phenoxy) is 2. The normalized spacial score (nSPS) is 14.7. The summed E-state index contributed by atoms with van der Waals surface area (Å²) in [6.07, 6.45) is 5.70. The second-order valence-electron chi connectivity index (χ2n) is 8.21. The number of likely N-dealkylation sites (tertiary alicyclic amines) is 1. The molecule has 184 valence electrons. The molecular formula is C26H34BrN3O3S. The van der Waals surface area contributed by atoms with E-state index in [0.717, 1.165) is 45.9 Å². The number of hydrogen-bond acceptors (Lipinski definition) is 6. The second kappa shape index (κ2) is 13.7. The van der Waals surface area contributed by atoms with Crippen LogP contribution in [-0.4, -0.2) is 50.2 Å². The summed E-state index contributed by atoms with van der Waals surface area (Å²) < 4.78 is 12.6. The maximum absolute atomic E-state index is 12.9. The monoisotopic (exact) mass is 547 g/mol. The fourth-order valence-corrected chi connectivity index (χ4v) is 5.35. The third-order valence-electron chi connectivity index (χ3n) is 5.71. The Hall–Kier alpha value is -2.13. The van der Waals surface area contributed by atoms with Gasteiger partial charge in [-0.2, -0.15) is 0 Å². The molecule has 8 heteroatoms. The highest BCUT2D eigenvalue weighted by atomic mass is 79.9. The number of nitrogens with one attached hydrogen (secondary N) is 1. The van der Waals surface area contributed by atoms with Crippen molar-refractivity contribution in [3.8, 4) is 5.75 Å². The maximum Gasteiger partial charge on any atom is 0.252 e. The number of hydrogen-bond donors (Lipinski definition) is 2. The van der Waals surface area contributed by atoms with Gasteiger partial charge in [-0.1, -0.05) is 35.0 Å². The number of rotatable bonds is 12. The first-order chi connectivity index (χ1) is 16.5. The first kappa shape index (κ1) is 26.5. The second-order valence-corrected chi connectivity index (χ2v) is 10.0. The molecule has 0 unspecified atom stereocenters. The Bertz CT molecular complexity index is 982. The Morgan fingerprint density at radius 2 is 1.97 bits per heavy atom. The van der Waals surface area contributed by atoms with Gasteiger partial charge in [0.2, 0.25) is 0 Å². The van der Waals surface area contributed by atoms with Crippen LogP contribution in [0.15, 0.2) is 46.8 Å². The lowest BCUT2D eigenvalue weighted by atomic mass is 10.0. The number of piperidine rings is 1. The van der Waals surface area contributed by atoms with E-state index in [1.807, 2.05) is 42.6 Å². The van der Waals surface area contributed by atoms with Crippen molar-refractivity contribution in [3.05, 3.63) is 62.8 Å². The van der Waals surface area contributed by atoms with E-state index in [-0.39, 0.29) is 5.91 Å². The van der Waals surface area contributed by atoms with Crippen molar-refractivity contribution >= 4 is 44.4 Å². The highest BCUT2D eigenvalue weighted by molar-refractivity contribution is 9.10. The molecule has 3 N–H and O–H groups in total. The van der Waals surface area contributed by atoms with Crippen LogP contribution >= 0.6 is 27.3 Å². The Kier molecular flexibility index (Phi) is 10.7. The predicted octanol–water partition coefficient (Wildman–Crippen LogP) is 5.04. The number of thiophene rings is 1. The van der Waals surface area contributed by atoms with Crippen molar-refractivity contribution in [2.24, 2.45) is 5.73 Å². The molecule has 1 amide bonds. The molecule has 6 nitrogen and oxygen atoms in total. The van der Waals surface area contributed by atoms with Gasteiger partial charge in [-0.15, -0.1) is 11.3 Å². The molecule has 3 rings (SSSR count). The Morgan fingerprint density at radius 3 is 2.65 bits per heavy atom. The lowest BCUT2D eigenvalue weighted by Gasteiger charge is -2.26. The summed E-state index contributed by atoms with van der Waals surface area (Å²) in [6, 6.07) is 7.65. The number of carbonyl (C=O) groups excluding carboxylic acids is 1. The molecule has 1 aromatic carbocycles. The minimum atomic E-state index is -0.146. The topological polar surface area (TPSA) is 76.8 Å². The van der Waals surface area contributed by atoms with Gasteiger partial charge >= 0.3 is 0 Å². The first-order valence-corrected chi connectivity index (χ1v) is 13.3. The lowest BCUT2D eigenvalue weighted by molar-refractivity contribution is -0.115. The Morgan fingerprint density at radius 1 is 1.24 bits per heavy atom. The summed E-state index contributed by atoms with van der Waals surface area (Å²) in [6.45, 7) is 11.0. The number of carbonyl (C=O) groups is 1. The number of allylic oxidation sites excluding steroid dienone is 1. The smallest absolute Gasteiger partial charge is 0.252 e. The van der Waals surface area contributed by atoms with Crippen LogP contribution in [0.3, 0.4) is 0 Å². The Balaban J connectivity index is 1.52. The molecule has 0 atom stereocenters. The molecule has 1 aliphatic heterocycles. The molecule has 1 fully saturated rings. The van der Waals surface area contributed by atoms with Gasteiger partial charge in [-0.05, 0) is 62.5 Å². The summed E-state index contributed by atoms with van der Waals surface area (Å²) >= 11 is 4.90. The summed E-state index contributed by atoms with van der Waals surface area (Å²) in [4.78, 5) is 16.1. The van der Waals surface area contributed by atoms with E-state index in [4.69, 9.17) is 15.2 Å². The number of amides is 1. The molecule has 0 aliphatic carbocycles. The van der Waals surface area contributed by atoms with Crippen LogP contribution in [0.4, 0.5) is 0 Å². The zero-order valence-electron chi connectivity index (χ0n) is 19.8. The van der Waals surface area contributed by atoms with Crippen molar-refractivity contribution < 1.29 is 14.3 Å². The molecule has 0 radical (unpaired) electrons. The molecule has 0 spiro atoms. The predicted molar refractivity (Wildman–Crippen MR) is 144 cm³/mol. The highest BCUT2D eigenvalue weighted by Gasteiger charge is 2.21. The molecule has 2 heterocycles. The molecule has 2 aromatic rings. The zero-order valence-corrected chi connectivity index (χ0v) is 22.2. The van der Waals surface area contributed by atoms with Crippen LogP contribution in [-0.2, 0) is 16.1 Å². The van der Waals surface area contributed by atoms with Crippen molar-refractivity contribution in [2.45, 2.75) is 32.8 Å². The zero-order chi connectivity index (χ0) is 24.3. The van der Waals surface area contributed by atoms with E-state index in [2.05, 4.69) is 32.7 Å². The lowest BCUT2D eigenvalue weighted by Crippen LogP contribution is -2.33. The van der Waals surface area contributed by atoms with Crippen molar-refractivity contribution in [1.82, 2.24) is 10.2 Å². The standard InChI is InChI=1S/C26H34BrN3O3S/c1-3-23(26(31)29-11-15-32-16-14-30-12-5-4-6-13-30)25-24(19(2)28)20(18-34-25)17-33-22-9-7-21(27)8-10-22/h3,7-10,18H,2,4-6,11-17,28H2,1H3,(H,29,31)/b23-3+. The van der Waals surface area contributed by atoms with Gasteiger partial charge < -0.3 is 25.4 Å². The quantitative estimate of drug-likeness (QED) is 0.287. The van der Waals surface area contributed by atoms with Gasteiger partial charge in [0.25, 0.3) is 5.91 Å². The van der Waals surface area contributed by atoms with Gasteiger partial charge in [0.05, 0.1) is 18.8 Å². The third-order valence-corrected chi connectivity index (χ3v) is 7.30. The minimum Gasteiger partial charge on any atom is -0.489 e. The molecule has 34 heavy (non-hydrogen) atoms. The fourth-order valence-electron chi connectivity index (χ4n) is 3.92. The average molecular weight is 549 g/mol. The van der Waals surface area contributed by atoms with Gasteiger partial charge in [0.15, 0.2) is 0 Å². The summed E-state index contributed by atoms with van der Waals surface area (Å²) in [7, 11) is 0. The maximum atomic E-state index is 12.9.